The molecule has 0 saturated heterocycles. The number of rotatable bonds is 5. The normalized spacial score (nSPS) is 13.0. The Hall–Kier alpha value is -0.520. The highest BCUT2D eigenvalue weighted by Gasteiger charge is 2.05. The third kappa shape index (κ3) is 4.83. The van der Waals surface area contributed by atoms with Crippen molar-refractivity contribution in [3.8, 4) is 12.3 Å². The van der Waals surface area contributed by atoms with Crippen molar-refractivity contribution in [2.45, 2.75) is 25.3 Å². The first-order chi connectivity index (χ1) is 5.22. The minimum atomic E-state index is 0.224. The van der Waals surface area contributed by atoms with E-state index in [1.165, 1.54) is 0 Å². The van der Waals surface area contributed by atoms with Crippen LogP contribution >= 0.6 is 0 Å². The molecule has 0 bridgehead atoms. The molecular weight excluding hydrogens is 138 g/mol. The Morgan fingerprint density at radius 1 is 1.45 bits per heavy atom. The summed E-state index contributed by atoms with van der Waals surface area (Å²) in [6, 6.07) is 0.224. The molecule has 64 valence electrons. The Balaban J connectivity index is 3.47. The van der Waals surface area contributed by atoms with E-state index < -0.39 is 0 Å². The maximum atomic E-state index is 8.53. The monoisotopic (exact) mass is 155 g/mol. The van der Waals surface area contributed by atoms with Gasteiger partial charge in [0.2, 0.25) is 0 Å². The number of hydrogen-bond donors (Lipinski definition) is 1. The highest BCUT2D eigenvalue weighted by Crippen LogP contribution is 2.03. The highest BCUT2D eigenvalue weighted by atomic mass is 16.2. The zero-order chi connectivity index (χ0) is 8.69. The largest absolute Gasteiger partial charge is 0.396 e. The van der Waals surface area contributed by atoms with Gasteiger partial charge in [0.15, 0.2) is 0 Å². The van der Waals surface area contributed by atoms with Gasteiger partial charge in [-0.05, 0) is 33.4 Å². The van der Waals surface area contributed by atoms with Crippen molar-refractivity contribution in [3.05, 3.63) is 0 Å². The van der Waals surface area contributed by atoms with Crippen LogP contribution in [0.5, 0.6) is 0 Å². The van der Waals surface area contributed by atoms with Gasteiger partial charge < -0.3 is 5.11 Å². The third-order valence-corrected chi connectivity index (χ3v) is 1.70. The van der Waals surface area contributed by atoms with E-state index in [9.17, 15) is 0 Å². The highest BCUT2D eigenvalue weighted by molar-refractivity contribution is 4.98. The predicted molar refractivity (Wildman–Crippen MR) is 47.2 cm³/mol. The summed E-state index contributed by atoms with van der Waals surface area (Å²) < 4.78 is 0. The van der Waals surface area contributed by atoms with Crippen molar-refractivity contribution in [2.75, 3.05) is 20.7 Å². The number of hydrogen-bond acceptors (Lipinski definition) is 2. The maximum Gasteiger partial charge on any atom is 0.0706 e. The minimum Gasteiger partial charge on any atom is -0.396 e. The Bertz CT molecular complexity index is 126. The molecule has 0 saturated carbocycles. The lowest BCUT2D eigenvalue weighted by Crippen LogP contribution is -2.26. The fourth-order valence-corrected chi connectivity index (χ4v) is 0.940. The second kappa shape index (κ2) is 6.21. The molecule has 0 fully saturated rings. The molecule has 0 aliphatic heterocycles. The summed E-state index contributed by atoms with van der Waals surface area (Å²) in [4.78, 5) is 2.03. The first kappa shape index (κ1) is 10.5. The van der Waals surface area contributed by atoms with Crippen molar-refractivity contribution < 1.29 is 5.11 Å². The molecule has 0 amide bonds. The first-order valence-electron chi connectivity index (χ1n) is 3.95. The van der Waals surface area contributed by atoms with Crippen LogP contribution in [0.25, 0.3) is 0 Å². The molecule has 0 radical (unpaired) electrons. The van der Waals surface area contributed by atoms with Gasteiger partial charge in [0.25, 0.3) is 0 Å². The lowest BCUT2D eigenvalue weighted by Gasteiger charge is -2.17. The van der Waals surface area contributed by atoms with Crippen LogP contribution in [-0.2, 0) is 0 Å². The van der Waals surface area contributed by atoms with E-state index in [0.717, 1.165) is 19.3 Å². The van der Waals surface area contributed by atoms with Gasteiger partial charge in [-0.25, -0.2) is 0 Å². The lowest BCUT2D eigenvalue weighted by atomic mass is 10.1. The maximum absolute atomic E-state index is 8.53. The van der Waals surface area contributed by atoms with Crippen molar-refractivity contribution in [1.29, 1.82) is 0 Å². The third-order valence-electron chi connectivity index (χ3n) is 1.70. The topological polar surface area (TPSA) is 23.5 Å². The number of nitrogens with zero attached hydrogens (tertiary/aromatic N) is 1. The van der Waals surface area contributed by atoms with Crippen LogP contribution in [0.2, 0.25) is 0 Å². The average molecular weight is 155 g/mol. The summed E-state index contributed by atoms with van der Waals surface area (Å²) in [7, 11) is 3.95. The Morgan fingerprint density at radius 3 is 2.45 bits per heavy atom. The van der Waals surface area contributed by atoms with Crippen LogP contribution in [0, 0.1) is 12.3 Å². The fraction of sp³-hybridized carbons (Fsp3) is 0.778. The van der Waals surface area contributed by atoms with Crippen LogP contribution in [0.3, 0.4) is 0 Å². The van der Waals surface area contributed by atoms with E-state index in [0.29, 0.717) is 0 Å². The number of terminal acetylenes is 1. The molecule has 0 aromatic rings. The molecular formula is C9H17NO. The molecule has 0 rings (SSSR count). The van der Waals surface area contributed by atoms with Crippen LogP contribution in [0.15, 0.2) is 0 Å². The standard InChI is InChI=1S/C9H17NO/c1-4-9(10(2)3)7-5-6-8-11/h1,9,11H,5-8H2,2-3H3. The van der Waals surface area contributed by atoms with Gasteiger partial charge in [0, 0.05) is 6.61 Å². The second-order valence-electron chi connectivity index (χ2n) is 2.87. The van der Waals surface area contributed by atoms with Crippen molar-refractivity contribution in [1.82, 2.24) is 4.90 Å². The fourth-order valence-electron chi connectivity index (χ4n) is 0.940. The summed E-state index contributed by atoms with van der Waals surface area (Å²) in [6.07, 6.45) is 8.13. The molecule has 2 nitrogen and oxygen atoms in total. The molecule has 2 heteroatoms. The Kier molecular flexibility index (Phi) is 5.91. The van der Waals surface area contributed by atoms with Crippen molar-refractivity contribution in [3.63, 3.8) is 0 Å². The quantitative estimate of drug-likeness (QED) is 0.467. The molecule has 0 heterocycles. The zero-order valence-electron chi connectivity index (χ0n) is 7.38. The number of unbranched alkanes of at least 4 members (excludes halogenated alkanes) is 1. The minimum absolute atomic E-state index is 0.224. The van der Waals surface area contributed by atoms with Gasteiger partial charge in [0.1, 0.15) is 0 Å². The molecule has 0 aliphatic rings. The average Bonchev–Trinajstić information content (AvgIpc) is 1.97. The molecule has 11 heavy (non-hydrogen) atoms. The van der Waals surface area contributed by atoms with Crippen LogP contribution in [0.1, 0.15) is 19.3 Å². The number of aliphatic hydroxyl groups excluding tert-OH is 1. The summed E-state index contributed by atoms with van der Waals surface area (Å²) in [5.74, 6) is 2.70. The molecule has 0 spiro atoms. The first-order valence-corrected chi connectivity index (χ1v) is 3.95. The molecule has 1 unspecified atom stereocenters. The molecule has 0 aromatic carbocycles. The molecule has 0 aromatic heterocycles. The predicted octanol–water partition coefficient (Wildman–Crippen LogP) is 0.712. The SMILES string of the molecule is C#CC(CCCCO)N(C)C. The van der Waals surface area contributed by atoms with Gasteiger partial charge in [-0.1, -0.05) is 5.92 Å². The van der Waals surface area contributed by atoms with Crippen LogP contribution in [-0.4, -0.2) is 36.8 Å². The zero-order valence-corrected chi connectivity index (χ0v) is 7.38. The smallest absolute Gasteiger partial charge is 0.0706 e. The summed E-state index contributed by atoms with van der Waals surface area (Å²) >= 11 is 0. The summed E-state index contributed by atoms with van der Waals surface area (Å²) in [6.45, 7) is 0.269. The summed E-state index contributed by atoms with van der Waals surface area (Å²) in [5, 5.41) is 8.53. The number of aliphatic hydroxyl groups is 1. The van der Waals surface area contributed by atoms with Gasteiger partial charge in [-0.2, -0.15) is 0 Å². The van der Waals surface area contributed by atoms with Gasteiger partial charge >= 0.3 is 0 Å². The van der Waals surface area contributed by atoms with E-state index in [2.05, 4.69) is 5.92 Å². The van der Waals surface area contributed by atoms with Crippen molar-refractivity contribution in [2.24, 2.45) is 0 Å². The van der Waals surface area contributed by atoms with E-state index >= 15 is 0 Å². The van der Waals surface area contributed by atoms with Crippen LogP contribution < -0.4 is 0 Å². The van der Waals surface area contributed by atoms with E-state index in [4.69, 9.17) is 11.5 Å². The van der Waals surface area contributed by atoms with E-state index in [1.807, 2.05) is 19.0 Å². The Morgan fingerprint density at radius 2 is 2.09 bits per heavy atom. The second-order valence-corrected chi connectivity index (χ2v) is 2.87. The van der Waals surface area contributed by atoms with E-state index in [1.54, 1.807) is 0 Å². The Labute approximate surface area is 69.2 Å². The van der Waals surface area contributed by atoms with Gasteiger partial charge in [-0.15, -0.1) is 6.42 Å². The van der Waals surface area contributed by atoms with Crippen LogP contribution in [0.4, 0.5) is 0 Å². The molecule has 1 N–H and O–H groups in total. The lowest BCUT2D eigenvalue weighted by molar-refractivity contribution is 0.270. The van der Waals surface area contributed by atoms with Crippen molar-refractivity contribution >= 4 is 0 Å². The van der Waals surface area contributed by atoms with Gasteiger partial charge in [0.05, 0.1) is 6.04 Å². The molecule has 0 aliphatic carbocycles. The molecule has 1 atom stereocenters. The van der Waals surface area contributed by atoms with E-state index in [-0.39, 0.29) is 12.6 Å². The summed E-state index contributed by atoms with van der Waals surface area (Å²) in [5.41, 5.74) is 0. The van der Waals surface area contributed by atoms with Gasteiger partial charge in [-0.3, -0.25) is 4.90 Å².